The summed E-state index contributed by atoms with van der Waals surface area (Å²) in [4.78, 5) is 27.4. The zero-order chi connectivity index (χ0) is 23.3. The summed E-state index contributed by atoms with van der Waals surface area (Å²) in [6.45, 7) is 4.49. The largest absolute Gasteiger partial charge is 0.467 e. The molecule has 2 rings (SSSR count). The molecule has 0 unspecified atom stereocenters. The van der Waals surface area contributed by atoms with Crippen molar-refractivity contribution in [3.05, 3.63) is 83.9 Å². The molecule has 1 amide bonds. The van der Waals surface area contributed by atoms with Gasteiger partial charge in [-0.1, -0.05) is 72.8 Å². The van der Waals surface area contributed by atoms with E-state index in [9.17, 15) is 9.59 Å². The molecule has 0 saturated heterocycles. The maximum absolute atomic E-state index is 13.2. The van der Waals surface area contributed by atoms with Crippen molar-refractivity contribution in [1.29, 1.82) is 0 Å². The van der Waals surface area contributed by atoms with Crippen molar-refractivity contribution < 1.29 is 23.8 Å². The average Bonchev–Trinajstić information content (AvgIpc) is 2.84. The van der Waals surface area contributed by atoms with Gasteiger partial charge in [-0.05, 0) is 31.4 Å². The second-order valence-electron chi connectivity index (χ2n) is 7.46. The van der Waals surface area contributed by atoms with Gasteiger partial charge in [0.2, 0.25) is 0 Å². The van der Waals surface area contributed by atoms with Crippen LogP contribution in [0.4, 0.5) is 0 Å². The van der Waals surface area contributed by atoms with Crippen LogP contribution in [0.2, 0.25) is 0 Å². The molecule has 3 atom stereocenters. The van der Waals surface area contributed by atoms with Crippen molar-refractivity contribution in [3.63, 3.8) is 0 Å². The Morgan fingerprint density at radius 1 is 0.938 bits per heavy atom. The summed E-state index contributed by atoms with van der Waals surface area (Å²) in [7, 11) is 2.81. The molecule has 0 heterocycles. The van der Waals surface area contributed by atoms with Crippen LogP contribution in [0.25, 0.3) is 0 Å². The molecule has 0 N–H and O–H groups in total. The Morgan fingerprint density at radius 3 is 2.16 bits per heavy atom. The molecule has 6 heteroatoms. The highest BCUT2D eigenvalue weighted by Gasteiger charge is 2.36. The molecule has 172 valence electrons. The Hall–Kier alpha value is -2.96. The fourth-order valence-electron chi connectivity index (χ4n) is 3.39. The number of carbonyl (C=O) groups is 2. The van der Waals surface area contributed by atoms with E-state index in [0.29, 0.717) is 19.6 Å². The average molecular weight is 440 g/mol. The van der Waals surface area contributed by atoms with Gasteiger partial charge < -0.3 is 19.1 Å². The minimum absolute atomic E-state index is 0.270. The molecular formula is C26H33NO5. The molecular weight excluding hydrogens is 406 g/mol. The predicted octanol–water partition coefficient (Wildman–Crippen LogP) is 4.32. The molecule has 6 nitrogen and oxygen atoms in total. The maximum atomic E-state index is 13.2. The first-order valence-corrected chi connectivity index (χ1v) is 10.7. The van der Waals surface area contributed by atoms with Gasteiger partial charge in [0.25, 0.3) is 5.91 Å². The fraction of sp³-hybridized carbons (Fsp3) is 0.385. The number of methoxy groups -OCH3 is 2. The van der Waals surface area contributed by atoms with Crippen LogP contribution < -0.4 is 0 Å². The number of nitrogens with zero attached hydrogens (tertiary/aromatic N) is 1. The van der Waals surface area contributed by atoms with Crippen LogP contribution >= 0.6 is 0 Å². The standard InChI is InChI=1S/C26H33NO5/c1-20(23-15-9-6-10-16-23)27(25(28)21(2)30-3)24(26(29)31-4)17-11-12-18-32-19-22-13-7-5-8-14-22/h5-16,20-21,24H,17-19H2,1-4H3/b12-11-/t20-,21+,24-/m0/s1. The Balaban J connectivity index is 2.13. The van der Waals surface area contributed by atoms with Crippen LogP contribution in [0.5, 0.6) is 0 Å². The molecule has 0 aliphatic rings. The molecule has 0 aliphatic carbocycles. The van der Waals surface area contributed by atoms with E-state index in [-0.39, 0.29) is 11.9 Å². The van der Waals surface area contributed by atoms with Crippen LogP contribution in [0, 0.1) is 0 Å². The molecule has 0 aromatic heterocycles. The van der Waals surface area contributed by atoms with Gasteiger partial charge in [0, 0.05) is 7.11 Å². The molecule has 0 spiro atoms. The number of carbonyl (C=O) groups excluding carboxylic acids is 2. The lowest BCUT2D eigenvalue weighted by Crippen LogP contribution is -2.50. The second kappa shape index (κ2) is 13.5. The van der Waals surface area contributed by atoms with E-state index in [0.717, 1.165) is 11.1 Å². The summed E-state index contributed by atoms with van der Waals surface area (Å²) in [5.74, 6) is -0.743. The molecule has 0 saturated carbocycles. The quantitative estimate of drug-likeness (QED) is 0.280. The van der Waals surface area contributed by atoms with Crippen LogP contribution in [-0.2, 0) is 30.4 Å². The first-order chi connectivity index (χ1) is 15.5. The van der Waals surface area contributed by atoms with Gasteiger partial charge in [0.15, 0.2) is 0 Å². The number of esters is 1. The lowest BCUT2D eigenvalue weighted by molar-refractivity contribution is -0.159. The number of hydrogen-bond donors (Lipinski definition) is 0. The first kappa shape index (κ1) is 25.3. The SMILES string of the molecule is COC(=O)[C@H](C/C=C\COCc1ccccc1)N(C(=O)[C@@H](C)OC)[C@@H](C)c1ccccc1. The minimum atomic E-state index is -0.786. The van der Waals surface area contributed by atoms with Gasteiger partial charge >= 0.3 is 5.97 Å². The number of hydrogen-bond acceptors (Lipinski definition) is 5. The third-order valence-corrected chi connectivity index (χ3v) is 5.32. The fourth-order valence-corrected chi connectivity index (χ4v) is 3.39. The van der Waals surface area contributed by atoms with E-state index < -0.39 is 18.1 Å². The predicted molar refractivity (Wildman–Crippen MR) is 124 cm³/mol. The third kappa shape index (κ3) is 7.32. The van der Waals surface area contributed by atoms with E-state index >= 15 is 0 Å². The molecule has 2 aromatic rings. The number of rotatable bonds is 12. The van der Waals surface area contributed by atoms with Gasteiger partial charge in [-0.25, -0.2) is 4.79 Å². The van der Waals surface area contributed by atoms with Gasteiger partial charge in [0.05, 0.1) is 26.4 Å². The van der Waals surface area contributed by atoms with E-state index in [2.05, 4.69) is 0 Å². The number of benzene rings is 2. The monoisotopic (exact) mass is 439 g/mol. The van der Waals surface area contributed by atoms with Gasteiger partial charge in [-0.3, -0.25) is 4.79 Å². The summed E-state index contributed by atoms with van der Waals surface area (Å²) in [5.41, 5.74) is 2.02. The van der Waals surface area contributed by atoms with Crippen LogP contribution in [0.1, 0.15) is 37.4 Å². The summed E-state index contributed by atoms with van der Waals surface area (Å²) >= 11 is 0. The number of amides is 1. The molecule has 2 aromatic carbocycles. The van der Waals surface area contributed by atoms with E-state index in [4.69, 9.17) is 14.2 Å². The van der Waals surface area contributed by atoms with Gasteiger partial charge in [-0.15, -0.1) is 0 Å². The van der Waals surface area contributed by atoms with Crippen LogP contribution in [-0.4, -0.2) is 49.7 Å². The summed E-state index contributed by atoms with van der Waals surface area (Å²) in [5, 5.41) is 0. The van der Waals surface area contributed by atoms with Crippen molar-refractivity contribution in [3.8, 4) is 0 Å². The van der Waals surface area contributed by atoms with E-state index in [1.54, 1.807) is 11.8 Å². The highest BCUT2D eigenvalue weighted by molar-refractivity contribution is 5.87. The zero-order valence-electron chi connectivity index (χ0n) is 19.3. The maximum Gasteiger partial charge on any atom is 0.328 e. The smallest absolute Gasteiger partial charge is 0.328 e. The molecule has 32 heavy (non-hydrogen) atoms. The van der Waals surface area contributed by atoms with Crippen molar-refractivity contribution in [2.45, 2.75) is 45.1 Å². The van der Waals surface area contributed by atoms with Crippen LogP contribution in [0.3, 0.4) is 0 Å². The van der Waals surface area contributed by atoms with Crippen molar-refractivity contribution in [1.82, 2.24) is 4.90 Å². The molecule has 0 aliphatic heterocycles. The molecule has 0 radical (unpaired) electrons. The summed E-state index contributed by atoms with van der Waals surface area (Å²) < 4.78 is 16.0. The summed E-state index contributed by atoms with van der Waals surface area (Å²) in [6.07, 6.45) is 3.32. The third-order valence-electron chi connectivity index (χ3n) is 5.32. The minimum Gasteiger partial charge on any atom is -0.467 e. The molecule has 0 bridgehead atoms. The number of ether oxygens (including phenoxy) is 3. The van der Waals surface area contributed by atoms with E-state index in [1.807, 2.05) is 79.7 Å². The lowest BCUT2D eigenvalue weighted by Gasteiger charge is -2.36. The Morgan fingerprint density at radius 2 is 1.56 bits per heavy atom. The zero-order valence-corrected chi connectivity index (χ0v) is 19.3. The molecule has 0 fully saturated rings. The Kier molecular flexibility index (Phi) is 10.6. The van der Waals surface area contributed by atoms with Crippen molar-refractivity contribution in [2.24, 2.45) is 0 Å². The van der Waals surface area contributed by atoms with Gasteiger partial charge in [-0.2, -0.15) is 0 Å². The van der Waals surface area contributed by atoms with Crippen molar-refractivity contribution >= 4 is 11.9 Å². The second-order valence-corrected chi connectivity index (χ2v) is 7.46. The summed E-state index contributed by atoms with van der Waals surface area (Å²) in [6, 6.07) is 18.4. The van der Waals surface area contributed by atoms with Crippen LogP contribution in [0.15, 0.2) is 72.8 Å². The Labute approximate surface area is 190 Å². The topological polar surface area (TPSA) is 65.1 Å². The van der Waals surface area contributed by atoms with E-state index in [1.165, 1.54) is 14.2 Å². The highest BCUT2D eigenvalue weighted by Crippen LogP contribution is 2.26. The van der Waals surface area contributed by atoms with Crippen molar-refractivity contribution in [2.75, 3.05) is 20.8 Å². The Bertz CT molecular complexity index is 853. The highest BCUT2D eigenvalue weighted by atomic mass is 16.5. The first-order valence-electron chi connectivity index (χ1n) is 10.7. The van der Waals surface area contributed by atoms with Gasteiger partial charge in [0.1, 0.15) is 12.1 Å². The lowest BCUT2D eigenvalue weighted by atomic mass is 10.0. The normalized spacial score (nSPS) is 14.0.